The highest BCUT2D eigenvalue weighted by atomic mass is 79.9. The summed E-state index contributed by atoms with van der Waals surface area (Å²) < 4.78 is 11.2. The first kappa shape index (κ1) is 10.5. The van der Waals surface area contributed by atoms with Gasteiger partial charge in [-0.05, 0) is 28.9 Å². The Morgan fingerprint density at radius 2 is 2.31 bits per heavy atom. The molecule has 13 heavy (non-hydrogen) atoms. The molecular formula is C9H12BrNO2. The third kappa shape index (κ3) is 3.74. The molecule has 72 valence electrons. The Bertz CT molecular complexity index is 268. The lowest BCUT2D eigenvalue weighted by atomic mass is 10.4. The lowest BCUT2D eigenvalue weighted by Gasteiger charge is -2.12. The largest absolute Gasteiger partial charge is 0.472 e. The van der Waals surface area contributed by atoms with Gasteiger partial charge in [0.1, 0.15) is 10.7 Å². The molecule has 0 fully saturated rings. The standard InChI is InChI=1S/C9H12BrNO2/c1-7(6-12-2)13-9-5-3-4-8(10)11-9/h3-5,7H,6H2,1-2H3. The van der Waals surface area contributed by atoms with Crippen LogP contribution in [0.2, 0.25) is 0 Å². The van der Waals surface area contributed by atoms with Gasteiger partial charge in [-0.2, -0.15) is 0 Å². The van der Waals surface area contributed by atoms with E-state index in [9.17, 15) is 0 Å². The minimum absolute atomic E-state index is 0.0202. The Hall–Kier alpha value is -0.610. The summed E-state index contributed by atoms with van der Waals surface area (Å²) in [6.07, 6.45) is 0.0202. The second kappa shape index (κ2) is 5.19. The molecule has 0 saturated carbocycles. The Morgan fingerprint density at radius 1 is 1.54 bits per heavy atom. The molecule has 0 amide bonds. The maximum atomic E-state index is 5.47. The lowest BCUT2D eigenvalue weighted by Crippen LogP contribution is -2.18. The van der Waals surface area contributed by atoms with Crippen LogP contribution in [0.25, 0.3) is 0 Å². The Balaban J connectivity index is 2.53. The van der Waals surface area contributed by atoms with E-state index in [1.807, 2.05) is 25.1 Å². The second-order valence-electron chi connectivity index (χ2n) is 2.68. The van der Waals surface area contributed by atoms with Crippen LogP contribution >= 0.6 is 15.9 Å². The van der Waals surface area contributed by atoms with Gasteiger partial charge in [0.25, 0.3) is 0 Å². The molecule has 0 radical (unpaired) electrons. The van der Waals surface area contributed by atoms with Gasteiger partial charge in [0.15, 0.2) is 0 Å². The zero-order chi connectivity index (χ0) is 9.68. The zero-order valence-electron chi connectivity index (χ0n) is 7.66. The van der Waals surface area contributed by atoms with Crippen LogP contribution in [0.4, 0.5) is 0 Å². The number of pyridine rings is 1. The fourth-order valence-electron chi connectivity index (χ4n) is 0.930. The van der Waals surface area contributed by atoms with Gasteiger partial charge >= 0.3 is 0 Å². The summed E-state index contributed by atoms with van der Waals surface area (Å²) in [5, 5.41) is 0. The Labute approximate surface area is 86.2 Å². The van der Waals surface area contributed by atoms with E-state index in [-0.39, 0.29) is 6.10 Å². The molecule has 3 nitrogen and oxygen atoms in total. The number of nitrogens with zero attached hydrogens (tertiary/aromatic N) is 1. The van der Waals surface area contributed by atoms with E-state index in [0.717, 1.165) is 4.60 Å². The molecule has 1 aromatic heterocycles. The van der Waals surface area contributed by atoms with E-state index in [1.165, 1.54) is 0 Å². The first-order valence-corrected chi connectivity index (χ1v) is 4.80. The molecule has 0 aliphatic heterocycles. The fourth-order valence-corrected chi connectivity index (χ4v) is 1.26. The molecule has 1 aromatic rings. The highest BCUT2D eigenvalue weighted by Crippen LogP contribution is 2.13. The Kier molecular flexibility index (Phi) is 4.18. The molecule has 4 heteroatoms. The average molecular weight is 246 g/mol. The van der Waals surface area contributed by atoms with Crippen molar-refractivity contribution in [2.75, 3.05) is 13.7 Å². The lowest BCUT2D eigenvalue weighted by molar-refractivity contribution is 0.0889. The van der Waals surface area contributed by atoms with Gasteiger partial charge < -0.3 is 9.47 Å². The quantitative estimate of drug-likeness (QED) is 0.763. The van der Waals surface area contributed by atoms with Crippen LogP contribution in [0.5, 0.6) is 5.88 Å². The van der Waals surface area contributed by atoms with Crippen molar-refractivity contribution < 1.29 is 9.47 Å². The van der Waals surface area contributed by atoms with Crippen LogP contribution < -0.4 is 4.74 Å². The van der Waals surface area contributed by atoms with Crippen LogP contribution in [0, 0.1) is 0 Å². The molecule has 0 aliphatic rings. The van der Waals surface area contributed by atoms with Crippen LogP contribution in [0.15, 0.2) is 22.8 Å². The van der Waals surface area contributed by atoms with E-state index < -0.39 is 0 Å². The van der Waals surface area contributed by atoms with E-state index in [4.69, 9.17) is 9.47 Å². The van der Waals surface area contributed by atoms with Crippen molar-refractivity contribution in [3.63, 3.8) is 0 Å². The summed E-state index contributed by atoms with van der Waals surface area (Å²) in [5.41, 5.74) is 0. The number of aromatic nitrogens is 1. The summed E-state index contributed by atoms with van der Waals surface area (Å²) in [5.74, 6) is 0.610. The number of rotatable bonds is 4. The first-order chi connectivity index (χ1) is 6.22. The minimum atomic E-state index is 0.0202. The summed E-state index contributed by atoms with van der Waals surface area (Å²) in [6.45, 7) is 2.50. The monoisotopic (exact) mass is 245 g/mol. The SMILES string of the molecule is COCC(C)Oc1cccc(Br)n1. The van der Waals surface area contributed by atoms with Crippen molar-refractivity contribution in [1.29, 1.82) is 0 Å². The maximum absolute atomic E-state index is 5.47. The third-order valence-electron chi connectivity index (χ3n) is 1.41. The topological polar surface area (TPSA) is 31.4 Å². The van der Waals surface area contributed by atoms with Gasteiger partial charge in [0.05, 0.1) is 6.61 Å². The van der Waals surface area contributed by atoms with E-state index in [2.05, 4.69) is 20.9 Å². The smallest absolute Gasteiger partial charge is 0.214 e. The van der Waals surface area contributed by atoms with Gasteiger partial charge in [0, 0.05) is 13.2 Å². The molecule has 0 bridgehead atoms. The normalized spacial score (nSPS) is 12.5. The van der Waals surface area contributed by atoms with Crippen molar-refractivity contribution in [1.82, 2.24) is 4.98 Å². The van der Waals surface area contributed by atoms with Crippen molar-refractivity contribution in [3.8, 4) is 5.88 Å². The first-order valence-electron chi connectivity index (χ1n) is 4.00. The summed E-state index contributed by atoms with van der Waals surface area (Å²) in [7, 11) is 1.65. The van der Waals surface area contributed by atoms with Crippen LogP contribution in [-0.2, 0) is 4.74 Å². The van der Waals surface area contributed by atoms with E-state index in [0.29, 0.717) is 12.5 Å². The molecule has 1 heterocycles. The van der Waals surface area contributed by atoms with Gasteiger partial charge in [-0.25, -0.2) is 4.98 Å². The number of halogens is 1. The predicted octanol–water partition coefficient (Wildman–Crippen LogP) is 2.26. The zero-order valence-corrected chi connectivity index (χ0v) is 9.24. The number of methoxy groups -OCH3 is 1. The summed E-state index contributed by atoms with van der Waals surface area (Å²) >= 11 is 3.27. The van der Waals surface area contributed by atoms with E-state index >= 15 is 0 Å². The van der Waals surface area contributed by atoms with Crippen molar-refractivity contribution in [2.24, 2.45) is 0 Å². The number of hydrogen-bond acceptors (Lipinski definition) is 3. The molecule has 0 spiro atoms. The summed E-state index contributed by atoms with van der Waals surface area (Å²) in [6, 6.07) is 5.55. The van der Waals surface area contributed by atoms with E-state index in [1.54, 1.807) is 7.11 Å². The molecule has 1 unspecified atom stereocenters. The molecule has 0 saturated heterocycles. The fraction of sp³-hybridized carbons (Fsp3) is 0.444. The maximum Gasteiger partial charge on any atom is 0.214 e. The Morgan fingerprint density at radius 3 is 2.92 bits per heavy atom. The van der Waals surface area contributed by atoms with Gasteiger partial charge in [0.2, 0.25) is 5.88 Å². The highest BCUT2D eigenvalue weighted by Gasteiger charge is 2.03. The third-order valence-corrected chi connectivity index (χ3v) is 1.85. The van der Waals surface area contributed by atoms with Crippen LogP contribution in [-0.4, -0.2) is 24.8 Å². The average Bonchev–Trinajstić information content (AvgIpc) is 2.04. The van der Waals surface area contributed by atoms with Crippen LogP contribution in [0.1, 0.15) is 6.92 Å². The van der Waals surface area contributed by atoms with Gasteiger partial charge in [-0.15, -0.1) is 0 Å². The predicted molar refractivity (Wildman–Crippen MR) is 53.9 cm³/mol. The molecule has 0 N–H and O–H groups in total. The number of hydrogen-bond donors (Lipinski definition) is 0. The van der Waals surface area contributed by atoms with Gasteiger partial charge in [-0.3, -0.25) is 0 Å². The molecule has 0 aliphatic carbocycles. The molecule has 1 atom stereocenters. The van der Waals surface area contributed by atoms with Crippen molar-refractivity contribution in [2.45, 2.75) is 13.0 Å². The van der Waals surface area contributed by atoms with Crippen molar-refractivity contribution >= 4 is 15.9 Å². The summed E-state index contributed by atoms with van der Waals surface area (Å²) in [4.78, 5) is 4.13. The molecule has 1 rings (SSSR count). The van der Waals surface area contributed by atoms with Crippen LogP contribution in [0.3, 0.4) is 0 Å². The van der Waals surface area contributed by atoms with Crippen molar-refractivity contribution in [3.05, 3.63) is 22.8 Å². The second-order valence-corrected chi connectivity index (χ2v) is 3.49. The minimum Gasteiger partial charge on any atom is -0.472 e. The highest BCUT2D eigenvalue weighted by molar-refractivity contribution is 9.10. The molecule has 0 aromatic carbocycles. The molecular weight excluding hydrogens is 234 g/mol. The van der Waals surface area contributed by atoms with Gasteiger partial charge in [-0.1, -0.05) is 6.07 Å². The number of ether oxygens (including phenoxy) is 2.